The van der Waals surface area contributed by atoms with E-state index in [9.17, 15) is 4.79 Å². The van der Waals surface area contributed by atoms with E-state index in [0.29, 0.717) is 34.8 Å². The number of benzene rings is 3. The van der Waals surface area contributed by atoms with Crippen LogP contribution in [0.15, 0.2) is 78.0 Å². The number of aromatic nitrogens is 3. The standard InChI is InChI=1S/C27H28N4O5S/c1-4-35-22-13-11-20(12-14-22)31-25(17-36-21-8-6-5-7-9-21)29-30-27(31)37-18-26(32)28-19-10-15-23(33-2)24(16-19)34-3/h5-16H,4,17-18H2,1-3H3,(H,28,32). The highest BCUT2D eigenvalue weighted by molar-refractivity contribution is 7.99. The van der Waals surface area contributed by atoms with Crippen molar-refractivity contribution in [2.75, 3.05) is 31.9 Å². The van der Waals surface area contributed by atoms with Crippen LogP contribution in [0.4, 0.5) is 5.69 Å². The fourth-order valence-electron chi connectivity index (χ4n) is 3.51. The molecule has 0 saturated heterocycles. The van der Waals surface area contributed by atoms with E-state index in [1.165, 1.54) is 11.8 Å². The van der Waals surface area contributed by atoms with Crippen LogP contribution < -0.4 is 24.3 Å². The Kier molecular flexibility index (Phi) is 8.88. The zero-order valence-electron chi connectivity index (χ0n) is 20.8. The van der Waals surface area contributed by atoms with Gasteiger partial charge in [0.15, 0.2) is 22.5 Å². The summed E-state index contributed by atoms with van der Waals surface area (Å²) in [5, 5.41) is 12.1. The van der Waals surface area contributed by atoms with E-state index in [-0.39, 0.29) is 18.3 Å². The summed E-state index contributed by atoms with van der Waals surface area (Å²) >= 11 is 1.28. The lowest BCUT2D eigenvalue weighted by atomic mass is 10.2. The first-order valence-electron chi connectivity index (χ1n) is 11.6. The lowest BCUT2D eigenvalue weighted by molar-refractivity contribution is -0.113. The maximum absolute atomic E-state index is 12.7. The molecule has 0 atom stereocenters. The molecule has 192 valence electrons. The minimum atomic E-state index is -0.194. The van der Waals surface area contributed by atoms with Crippen LogP contribution in [0, 0.1) is 0 Å². The number of nitrogens with one attached hydrogen (secondary N) is 1. The molecule has 37 heavy (non-hydrogen) atoms. The van der Waals surface area contributed by atoms with E-state index in [4.69, 9.17) is 18.9 Å². The average molecular weight is 521 g/mol. The number of hydrogen-bond acceptors (Lipinski definition) is 8. The Balaban J connectivity index is 1.50. The zero-order chi connectivity index (χ0) is 26.0. The summed E-state index contributed by atoms with van der Waals surface area (Å²) in [5.41, 5.74) is 1.44. The van der Waals surface area contributed by atoms with Gasteiger partial charge in [0.2, 0.25) is 5.91 Å². The number of thioether (sulfide) groups is 1. The number of anilines is 1. The predicted molar refractivity (Wildman–Crippen MR) is 142 cm³/mol. The topological polar surface area (TPSA) is 96.7 Å². The maximum atomic E-state index is 12.7. The molecule has 1 N–H and O–H groups in total. The number of amides is 1. The summed E-state index contributed by atoms with van der Waals surface area (Å²) < 4.78 is 23.9. The van der Waals surface area contributed by atoms with E-state index in [2.05, 4.69) is 15.5 Å². The Morgan fingerprint density at radius 3 is 2.32 bits per heavy atom. The van der Waals surface area contributed by atoms with E-state index >= 15 is 0 Å². The molecule has 1 amide bonds. The van der Waals surface area contributed by atoms with Gasteiger partial charge < -0.3 is 24.3 Å². The van der Waals surface area contributed by atoms with Crippen molar-refractivity contribution in [1.29, 1.82) is 0 Å². The molecule has 4 aromatic rings. The van der Waals surface area contributed by atoms with Gasteiger partial charge in [0.1, 0.15) is 18.1 Å². The van der Waals surface area contributed by atoms with Crippen LogP contribution in [0.25, 0.3) is 5.69 Å². The molecule has 1 aromatic heterocycles. The number of methoxy groups -OCH3 is 2. The third-order valence-electron chi connectivity index (χ3n) is 5.22. The van der Waals surface area contributed by atoms with Crippen LogP contribution in [-0.2, 0) is 11.4 Å². The van der Waals surface area contributed by atoms with Gasteiger partial charge in [-0.3, -0.25) is 9.36 Å². The molecule has 0 aliphatic heterocycles. The van der Waals surface area contributed by atoms with Gasteiger partial charge in [0.05, 0.1) is 26.6 Å². The van der Waals surface area contributed by atoms with Crippen molar-refractivity contribution in [3.63, 3.8) is 0 Å². The molecule has 1 heterocycles. The largest absolute Gasteiger partial charge is 0.494 e. The Morgan fingerprint density at radius 1 is 0.892 bits per heavy atom. The highest BCUT2D eigenvalue weighted by Crippen LogP contribution is 2.30. The Labute approximate surface area is 219 Å². The number of nitrogens with zero attached hydrogens (tertiary/aromatic N) is 3. The Morgan fingerprint density at radius 2 is 1.62 bits per heavy atom. The van der Waals surface area contributed by atoms with Gasteiger partial charge >= 0.3 is 0 Å². The first-order valence-corrected chi connectivity index (χ1v) is 12.6. The lowest BCUT2D eigenvalue weighted by Gasteiger charge is -2.12. The van der Waals surface area contributed by atoms with Crippen molar-refractivity contribution in [2.45, 2.75) is 18.7 Å². The lowest BCUT2D eigenvalue weighted by Crippen LogP contribution is -2.15. The zero-order valence-corrected chi connectivity index (χ0v) is 21.7. The second-order valence-corrected chi connectivity index (χ2v) is 8.61. The minimum absolute atomic E-state index is 0.128. The average Bonchev–Trinajstić information content (AvgIpc) is 3.34. The Hall–Kier alpha value is -4.18. The molecular formula is C27H28N4O5S. The molecule has 3 aromatic carbocycles. The first kappa shape index (κ1) is 25.9. The van der Waals surface area contributed by atoms with Crippen LogP contribution in [0.3, 0.4) is 0 Å². The molecule has 0 aliphatic carbocycles. The van der Waals surface area contributed by atoms with E-state index in [1.54, 1.807) is 32.4 Å². The van der Waals surface area contributed by atoms with Crippen LogP contribution >= 0.6 is 11.8 Å². The molecular weight excluding hydrogens is 492 g/mol. The molecule has 0 bridgehead atoms. The maximum Gasteiger partial charge on any atom is 0.234 e. The molecule has 0 unspecified atom stereocenters. The summed E-state index contributed by atoms with van der Waals surface area (Å²) in [6, 6.07) is 22.3. The smallest absolute Gasteiger partial charge is 0.234 e. The van der Waals surface area contributed by atoms with E-state index in [1.807, 2.05) is 66.1 Å². The summed E-state index contributed by atoms with van der Waals surface area (Å²) in [5.74, 6) is 3.16. The molecule has 0 radical (unpaired) electrons. The van der Waals surface area contributed by atoms with E-state index < -0.39 is 0 Å². The summed E-state index contributed by atoms with van der Waals surface area (Å²) in [4.78, 5) is 12.7. The predicted octanol–water partition coefficient (Wildman–Crippen LogP) is 4.99. The van der Waals surface area contributed by atoms with Gasteiger partial charge in [-0.25, -0.2) is 0 Å². The number of hydrogen-bond donors (Lipinski definition) is 1. The number of ether oxygens (including phenoxy) is 4. The SMILES string of the molecule is CCOc1ccc(-n2c(COc3ccccc3)nnc2SCC(=O)Nc2ccc(OC)c(OC)c2)cc1. The molecule has 0 aliphatic rings. The highest BCUT2D eigenvalue weighted by Gasteiger charge is 2.17. The molecule has 0 saturated carbocycles. The van der Waals surface area contributed by atoms with Crippen molar-refractivity contribution < 1.29 is 23.7 Å². The molecule has 9 nitrogen and oxygen atoms in total. The number of rotatable bonds is 12. The first-order chi connectivity index (χ1) is 18.1. The Bertz CT molecular complexity index is 1310. The summed E-state index contributed by atoms with van der Waals surface area (Å²) in [6.07, 6.45) is 0. The number of para-hydroxylation sites is 1. The minimum Gasteiger partial charge on any atom is -0.494 e. The fourth-order valence-corrected chi connectivity index (χ4v) is 4.28. The van der Waals surface area contributed by atoms with Gasteiger partial charge in [-0.15, -0.1) is 10.2 Å². The molecule has 4 rings (SSSR count). The molecule has 0 fully saturated rings. The van der Waals surface area contributed by atoms with Gasteiger partial charge in [-0.1, -0.05) is 30.0 Å². The normalized spacial score (nSPS) is 10.6. The van der Waals surface area contributed by atoms with Crippen LogP contribution in [-0.4, -0.2) is 47.3 Å². The van der Waals surface area contributed by atoms with Crippen LogP contribution in [0.1, 0.15) is 12.7 Å². The van der Waals surface area contributed by atoms with Gasteiger partial charge in [0, 0.05) is 17.4 Å². The molecule has 10 heteroatoms. The van der Waals surface area contributed by atoms with Crippen molar-refractivity contribution in [2.24, 2.45) is 0 Å². The number of carbonyl (C=O) groups is 1. The van der Waals surface area contributed by atoms with Gasteiger partial charge in [0.25, 0.3) is 0 Å². The monoisotopic (exact) mass is 520 g/mol. The third kappa shape index (κ3) is 6.73. The molecule has 0 spiro atoms. The second-order valence-electron chi connectivity index (χ2n) is 7.67. The van der Waals surface area contributed by atoms with E-state index in [0.717, 1.165) is 17.2 Å². The highest BCUT2D eigenvalue weighted by atomic mass is 32.2. The summed E-state index contributed by atoms with van der Waals surface area (Å²) in [6.45, 7) is 2.73. The van der Waals surface area contributed by atoms with Crippen LogP contribution in [0.5, 0.6) is 23.0 Å². The van der Waals surface area contributed by atoms with Gasteiger partial charge in [-0.2, -0.15) is 0 Å². The van der Waals surface area contributed by atoms with Crippen LogP contribution in [0.2, 0.25) is 0 Å². The summed E-state index contributed by atoms with van der Waals surface area (Å²) in [7, 11) is 3.11. The van der Waals surface area contributed by atoms with Crippen molar-refractivity contribution in [3.8, 4) is 28.7 Å². The fraction of sp³-hybridized carbons (Fsp3) is 0.222. The second kappa shape index (κ2) is 12.7. The van der Waals surface area contributed by atoms with Crippen molar-refractivity contribution in [1.82, 2.24) is 14.8 Å². The van der Waals surface area contributed by atoms with Crippen molar-refractivity contribution in [3.05, 3.63) is 78.6 Å². The number of carbonyl (C=O) groups excluding carboxylic acids is 1. The third-order valence-corrected chi connectivity index (χ3v) is 6.15. The van der Waals surface area contributed by atoms with Crippen molar-refractivity contribution >= 4 is 23.4 Å². The van der Waals surface area contributed by atoms with Gasteiger partial charge in [-0.05, 0) is 55.5 Å². The quantitative estimate of drug-likeness (QED) is 0.261.